The Morgan fingerprint density at radius 1 is 1.50 bits per heavy atom. The Morgan fingerprint density at radius 3 is 2.67 bits per heavy atom. The van der Waals surface area contributed by atoms with E-state index in [0.29, 0.717) is 12.5 Å². The first kappa shape index (κ1) is 11.4. The van der Waals surface area contributed by atoms with Gasteiger partial charge in [-0.3, -0.25) is 0 Å². The monoisotopic (exact) mass is 169 g/mol. The molecule has 0 aromatic heterocycles. The van der Waals surface area contributed by atoms with Gasteiger partial charge in [-0.2, -0.15) is 0 Å². The molecular formula is C10H19NO. The number of rotatable bonds is 6. The number of carbonyl (C=O) groups excluding carboxylic acids is 1. The lowest BCUT2D eigenvalue weighted by Gasteiger charge is -2.04. The molecule has 0 spiro atoms. The van der Waals surface area contributed by atoms with Crippen LogP contribution in [0.4, 0.5) is 0 Å². The number of allylic oxidation sites excluding steroid dienone is 1. The van der Waals surface area contributed by atoms with Crippen LogP contribution in [0, 0.1) is 0 Å². The molecule has 0 heterocycles. The Bertz CT molecular complexity index is 152. The summed E-state index contributed by atoms with van der Waals surface area (Å²) >= 11 is 0. The molecule has 2 nitrogen and oxygen atoms in total. The zero-order valence-electron chi connectivity index (χ0n) is 8.26. The second kappa shape index (κ2) is 7.04. The largest absolute Gasteiger partial charge is 0.317 e. The molecule has 0 saturated carbocycles. The zero-order valence-corrected chi connectivity index (χ0v) is 8.26. The van der Waals surface area contributed by atoms with Gasteiger partial charge in [-0.15, -0.1) is 0 Å². The van der Waals surface area contributed by atoms with Gasteiger partial charge in [0, 0.05) is 12.5 Å². The molecule has 0 radical (unpaired) electrons. The summed E-state index contributed by atoms with van der Waals surface area (Å²) in [4.78, 5) is 10.6. The summed E-state index contributed by atoms with van der Waals surface area (Å²) < 4.78 is 0. The van der Waals surface area contributed by atoms with Gasteiger partial charge in [-0.25, -0.2) is 0 Å². The van der Waals surface area contributed by atoms with Crippen LogP contribution in [0.5, 0.6) is 0 Å². The molecule has 0 saturated heterocycles. The minimum absolute atomic E-state index is 0.265. The Balaban J connectivity index is 3.31. The quantitative estimate of drug-likeness (QED) is 0.615. The van der Waals surface area contributed by atoms with Crippen LogP contribution in [0.1, 0.15) is 33.1 Å². The highest BCUT2D eigenvalue weighted by Gasteiger charge is 1.92. The van der Waals surface area contributed by atoms with Crippen molar-refractivity contribution in [3.05, 3.63) is 12.2 Å². The Labute approximate surface area is 75.0 Å². The molecule has 0 aliphatic carbocycles. The summed E-state index contributed by atoms with van der Waals surface area (Å²) in [5.74, 6) is 0.265. The number of nitrogens with one attached hydrogen (secondary N) is 1. The molecular weight excluding hydrogens is 150 g/mol. The van der Waals surface area contributed by atoms with E-state index >= 15 is 0 Å². The molecule has 12 heavy (non-hydrogen) atoms. The molecule has 1 N–H and O–H groups in total. The summed E-state index contributed by atoms with van der Waals surface area (Å²) in [5.41, 5.74) is 0. The van der Waals surface area contributed by atoms with Crippen molar-refractivity contribution >= 4 is 5.78 Å². The maximum atomic E-state index is 10.6. The highest BCUT2D eigenvalue weighted by molar-refractivity contribution is 5.75. The maximum absolute atomic E-state index is 10.6. The second-order valence-corrected chi connectivity index (χ2v) is 3.14. The Hall–Kier alpha value is -0.630. The lowest BCUT2D eigenvalue weighted by molar-refractivity contribution is -0.116. The van der Waals surface area contributed by atoms with Gasteiger partial charge in [0.05, 0.1) is 0 Å². The van der Waals surface area contributed by atoms with E-state index in [1.807, 2.05) is 7.05 Å². The van der Waals surface area contributed by atoms with Gasteiger partial charge in [0.15, 0.2) is 0 Å². The van der Waals surface area contributed by atoms with Crippen molar-refractivity contribution in [1.29, 1.82) is 0 Å². The van der Waals surface area contributed by atoms with Gasteiger partial charge in [0.25, 0.3) is 0 Å². The normalized spacial score (nSPS) is 13.6. The number of Topliss-reactive ketones (excluding diaryl/α,β-unsaturated/α-hetero) is 1. The van der Waals surface area contributed by atoms with Gasteiger partial charge in [0.1, 0.15) is 5.78 Å². The molecule has 70 valence electrons. The molecule has 0 fully saturated rings. The predicted molar refractivity (Wildman–Crippen MR) is 52.2 cm³/mol. The molecule has 1 atom stereocenters. The minimum Gasteiger partial charge on any atom is -0.317 e. The lowest BCUT2D eigenvalue weighted by atomic mass is 10.2. The van der Waals surface area contributed by atoms with Crippen molar-refractivity contribution in [2.45, 2.75) is 39.2 Å². The fourth-order valence-electron chi connectivity index (χ4n) is 0.823. The highest BCUT2D eigenvalue weighted by atomic mass is 16.1. The average Bonchev–Trinajstić information content (AvgIpc) is 2.03. The lowest BCUT2D eigenvalue weighted by Crippen LogP contribution is -2.19. The van der Waals surface area contributed by atoms with E-state index < -0.39 is 0 Å². The summed E-state index contributed by atoms with van der Waals surface area (Å²) in [7, 11) is 1.95. The van der Waals surface area contributed by atoms with Crippen molar-refractivity contribution in [3.8, 4) is 0 Å². The SMILES string of the molecule is CNC(C)C/C=C/CCC(C)=O. The molecule has 0 aliphatic heterocycles. The summed E-state index contributed by atoms with van der Waals surface area (Å²) in [6, 6.07) is 0.526. The number of carbonyl (C=O) groups is 1. The van der Waals surface area contributed by atoms with Crippen LogP contribution in [0.25, 0.3) is 0 Å². The van der Waals surface area contributed by atoms with Crippen molar-refractivity contribution < 1.29 is 4.79 Å². The van der Waals surface area contributed by atoms with E-state index in [2.05, 4.69) is 24.4 Å². The van der Waals surface area contributed by atoms with Gasteiger partial charge in [-0.05, 0) is 33.7 Å². The Kier molecular flexibility index (Phi) is 6.67. The van der Waals surface area contributed by atoms with E-state index in [-0.39, 0.29) is 5.78 Å². The summed E-state index contributed by atoms with van der Waals surface area (Å²) in [5, 5.41) is 3.15. The van der Waals surface area contributed by atoms with Gasteiger partial charge in [-0.1, -0.05) is 12.2 Å². The Morgan fingerprint density at radius 2 is 2.17 bits per heavy atom. The van der Waals surface area contributed by atoms with E-state index in [1.165, 1.54) is 0 Å². The molecule has 0 amide bonds. The van der Waals surface area contributed by atoms with E-state index in [0.717, 1.165) is 12.8 Å². The van der Waals surface area contributed by atoms with E-state index in [4.69, 9.17) is 0 Å². The van der Waals surface area contributed by atoms with Crippen molar-refractivity contribution in [2.75, 3.05) is 7.05 Å². The first-order chi connectivity index (χ1) is 5.66. The van der Waals surface area contributed by atoms with Crippen LogP contribution >= 0.6 is 0 Å². The number of ketones is 1. The van der Waals surface area contributed by atoms with Crippen molar-refractivity contribution in [2.24, 2.45) is 0 Å². The van der Waals surface area contributed by atoms with Gasteiger partial charge < -0.3 is 10.1 Å². The van der Waals surface area contributed by atoms with Crippen LogP contribution in [-0.4, -0.2) is 18.9 Å². The molecule has 0 rings (SSSR count). The van der Waals surface area contributed by atoms with Gasteiger partial charge in [0.2, 0.25) is 0 Å². The van der Waals surface area contributed by atoms with E-state index in [9.17, 15) is 4.79 Å². The topological polar surface area (TPSA) is 29.1 Å². The fourth-order valence-corrected chi connectivity index (χ4v) is 0.823. The standard InChI is InChI=1S/C10H19NO/c1-9(11-3)7-5-4-6-8-10(2)12/h4-5,9,11H,6-8H2,1-3H3/b5-4+. The smallest absolute Gasteiger partial charge is 0.130 e. The molecule has 0 aromatic rings. The van der Waals surface area contributed by atoms with Crippen LogP contribution in [0.15, 0.2) is 12.2 Å². The van der Waals surface area contributed by atoms with Crippen LogP contribution < -0.4 is 5.32 Å². The first-order valence-corrected chi connectivity index (χ1v) is 4.48. The summed E-state index contributed by atoms with van der Waals surface area (Å²) in [6.45, 7) is 3.76. The van der Waals surface area contributed by atoms with Gasteiger partial charge >= 0.3 is 0 Å². The van der Waals surface area contributed by atoms with E-state index in [1.54, 1.807) is 6.92 Å². The maximum Gasteiger partial charge on any atom is 0.130 e. The second-order valence-electron chi connectivity index (χ2n) is 3.14. The molecule has 2 heteroatoms. The van der Waals surface area contributed by atoms with Crippen LogP contribution in [0.3, 0.4) is 0 Å². The minimum atomic E-state index is 0.265. The van der Waals surface area contributed by atoms with Crippen molar-refractivity contribution in [3.63, 3.8) is 0 Å². The summed E-state index contributed by atoms with van der Waals surface area (Å²) in [6.07, 6.45) is 6.80. The first-order valence-electron chi connectivity index (χ1n) is 4.48. The fraction of sp³-hybridized carbons (Fsp3) is 0.700. The number of hydrogen-bond donors (Lipinski definition) is 1. The highest BCUT2D eigenvalue weighted by Crippen LogP contribution is 1.96. The average molecular weight is 169 g/mol. The third kappa shape index (κ3) is 7.48. The number of hydrogen-bond acceptors (Lipinski definition) is 2. The zero-order chi connectivity index (χ0) is 9.40. The predicted octanol–water partition coefficient (Wildman–Crippen LogP) is 1.91. The molecule has 0 aromatic carbocycles. The molecule has 0 bridgehead atoms. The molecule has 0 aliphatic rings. The molecule has 1 unspecified atom stereocenters. The van der Waals surface area contributed by atoms with Crippen LogP contribution in [-0.2, 0) is 4.79 Å². The third-order valence-electron chi connectivity index (χ3n) is 1.81. The third-order valence-corrected chi connectivity index (χ3v) is 1.81. The van der Waals surface area contributed by atoms with Crippen LogP contribution in [0.2, 0.25) is 0 Å². The van der Waals surface area contributed by atoms with Crippen molar-refractivity contribution in [1.82, 2.24) is 5.32 Å².